The van der Waals surface area contributed by atoms with E-state index in [4.69, 9.17) is 21.3 Å². The number of fused-ring (bicyclic) bond motifs is 3. The van der Waals surface area contributed by atoms with Crippen molar-refractivity contribution in [1.82, 2.24) is 9.55 Å². The highest BCUT2D eigenvalue weighted by Crippen LogP contribution is 2.30. The summed E-state index contributed by atoms with van der Waals surface area (Å²) in [5, 5.41) is 3.30. The molecule has 0 unspecified atom stereocenters. The molecule has 1 aromatic heterocycles. The van der Waals surface area contributed by atoms with Gasteiger partial charge in [-0.1, -0.05) is 41.9 Å². The molecule has 0 saturated heterocycles. The Hall–Kier alpha value is -3.51. The second-order valence-corrected chi connectivity index (χ2v) is 7.81. The molecule has 0 atom stereocenters. The zero-order valence-electron chi connectivity index (χ0n) is 16.8. The molecular weight excluding hydrogens is 412 g/mol. The SMILES string of the molecule is O=C(COc1ccccc1)Nc1ccc(N2CCn3c(nc4ccccc43)C2)cc1Cl. The van der Waals surface area contributed by atoms with Crippen LogP contribution in [-0.4, -0.2) is 28.6 Å². The first kappa shape index (κ1) is 19.5. The van der Waals surface area contributed by atoms with E-state index in [0.29, 0.717) is 23.0 Å². The van der Waals surface area contributed by atoms with Gasteiger partial charge in [-0.25, -0.2) is 4.98 Å². The number of anilines is 2. The summed E-state index contributed by atoms with van der Waals surface area (Å²) in [5.41, 5.74) is 3.76. The van der Waals surface area contributed by atoms with Gasteiger partial charge in [-0.2, -0.15) is 0 Å². The summed E-state index contributed by atoms with van der Waals surface area (Å²) in [6, 6.07) is 23.1. The number of imidazole rings is 1. The van der Waals surface area contributed by atoms with Gasteiger partial charge < -0.3 is 19.5 Å². The van der Waals surface area contributed by atoms with Crippen molar-refractivity contribution in [3.05, 3.63) is 83.6 Å². The first-order chi connectivity index (χ1) is 15.2. The number of carbonyl (C=O) groups excluding carboxylic acids is 1. The fourth-order valence-corrected chi connectivity index (χ4v) is 4.06. The summed E-state index contributed by atoms with van der Waals surface area (Å²) in [4.78, 5) is 19.2. The molecule has 0 radical (unpaired) electrons. The van der Waals surface area contributed by atoms with Gasteiger partial charge in [0.1, 0.15) is 11.6 Å². The van der Waals surface area contributed by atoms with Gasteiger partial charge >= 0.3 is 0 Å². The van der Waals surface area contributed by atoms with Crippen LogP contribution in [0.5, 0.6) is 5.75 Å². The Labute approximate surface area is 185 Å². The van der Waals surface area contributed by atoms with Crippen LogP contribution < -0.4 is 15.0 Å². The Balaban J connectivity index is 1.25. The molecule has 1 N–H and O–H groups in total. The summed E-state index contributed by atoms with van der Waals surface area (Å²) in [7, 11) is 0. The maximum atomic E-state index is 12.2. The lowest BCUT2D eigenvalue weighted by atomic mass is 10.2. The second kappa shape index (κ2) is 8.32. The number of nitrogens with one attached hydrogen (secondary N) is 1. The van der Waals surface area contributed by atoms with Gasteiger partial charge in [-0.05, 0) is 42.5 Å². The highest BCUT2D eigenvalue weighted by atomic mass is 35.5. The quantitative estimate of drug-likeness (QED) is 0.495. The molecule has 1 amide bonds. The molecule has 0 saturated carbocycles. The average molecular weight is 433 g/mol. The Morgan fingerprint density at radius 2 is 1.84 bits per heavy atom. The maximum absolute atomic E-state index is 12.2. The third-order valence-electron chi connectivity index (χ3n) is 5.36. The number of aromatic nitrogens is 2. The third-order valence-corrected chi connectivity index (χ3v) is 5.68. The van der Waals surface area contributed by atoms with Crippen LogP contribution in [0.15, 0.2) is 72.8 Å². The Morgan fingerprint density at radius 3 is 2.68 bits per heavy atom. The fraction of sp³-hybridized carbons (Fsp3) is 0.167. The number of para-hydroxylation sites is 3. The predicted octanol–water partition coefficient (Wildman–Crippen LogP) is 4.73. The molecule has 3 aromatic carbocycles. The van der Waals surface area contributed by atoms with Crippen LogP contribution in [0, 0.1) is 0 Å². The van der Waals surface area contributed by atoms with Gasteiger partial charge in [0.15, 0.2) is 6.61 Å². The number of ether oxygens (including phenoxy) is 1. The van der Waals surface area contributed by atoms with Gasteiger partial charge in [0.2, 0.25) is 0 Å². The van der Waals surface area contributed by atoms with E-state index in [1.807, 2.05) is 66.7 Å². The van der Waals surface area contributed by atoms with Crippen LogP contribution in [0.1, 0.15) is 5.82 Å². The van der Waals surface area contributed by atoms with Gasteiger partial charge in [-0.15, -0.1) is 0 Å². The summed E-state index contributed by atoms with van der Waals surface area (Å²) in [6.45, 7) is 2.36. The van der Waals surface area contributed by atoms with Crippen LogP contribution in [0.4, 0.5) is 11.4 Å². The minimum atomic E-state index is -0.259. The molecule has 0 spiro atoms. The van der Waals surface area contributed by atoms with Crippen molar-refractivity contribution in [2.75, 3.05) is 23.4 Å². The van der Waals surface area contributed by atoms with Gasteiger partial charge in [0.25, 0.3) is 5.91 Å². The Kier molecular flexibility index (Phi) is 5.22. The fourth-order valence-electron chi connectivity index (χ4n) is 3.84. The highest BCUT2D eigenvalue weighted by Gasteiger charge is 2.21. The second-order valence-electron chi connectivity index (χ2n) is 7.40. The number of amides is 1. The lowest BCUT2D eigenvalue weighted by Gasteiger charge is -2.30. The first-order valence-electron chi connectivity index (χ1n) is 10.1. The van der Waals surface area contributed by atoms with E-state index in [1.54, 1.807) is 0 Å². The van der Waals surface area contributed by atoms with Gasteiger partial charge in [0, 0.05) is 18.8 Å². The van der Waals surface area contributed by atoms with E-state index in [9.17, 15) is 4.79 Å². The number of halogens is 1. The smallest absolute Gasteiger partial charge is 0.262 e. The van der Waals surface area contributed by atoms with Crippen LogP contribution in [-0.2, 0) is 17.9 Å². The number of benzene rings is 3. The van der Waals surface area contributed by atoms with E-state index >= 15 is 0 Å². The zero-order valence-corrected chi connectivity index (χ0v) is 17.5. The third kappa shape index (κ3) is 4.07. The van der Waals surface area contributed by atoms with Crippen LogP contribution in [0.2, 0.25) is 5.02 Å². The van der Waals surface area contributed by atoms with Crippen molar-refractivity contribution in [2.24, 2.45) is 0 Å². The normalized spacial score (nSPS) is 13.1. The number of rotatable bonds is 5. The van der Waals surface area contributed by atoms with Crippen molar-refractivity contribution in [3.63, 3.8) is 0 Å². The molecule has 0 fully saturated rings. The van der Waals surface area contributed by atoms with E-state index in [0.717, 1.165) is 30.1 Å². The monoisotopic (exact) mass is 432 g/mol. The van der Waals surface area contributed by atoms with Crippen molar-refractivity contribution in [3.8, 4) is 5.75 Å². The molecule has 7 heteroatoms. The molecule has 1 aliphatic heterocycles. The van der Waals surface area contributed by atoms with E-state index in [1.165, 1.54) is 5.52 Å². The molecule has 156 valence electrons. The molecule has 0 bridgehead atoms. The summed E-state index contributed by atoms with van der Waals surface area (Å²) >= 11 is 6.47. The standard InChI is InChI=1S/C24H21ClN4O2/c25-19-14-17(10-11-20(19)27-24(30)16-31-18-6-2-1-3-7-18)28-12-13-29-22-9-5-4-8-21(22)26-23(29)15-28/h1-11,14H,12-13,15-16H2,(H,27,30). The van der Waals surface area contributed by atoms with Crippen molar-refractivity contribution in [1.29, 1.82) is 0 Å². The molecule has 5 rings (SSSR count). The number of nitrogens with zero attached hydrogens (tertiary/aromatic N) is 3. The minimum absolute atomic E-state index is 0.0789. The van der Waals surface area contributed by atoms with Crippen LogP contribution in [0.25, 0.3) is 11.0 Å². The van der Waals surface area contributed by atoms with Gasteiger partial charge in [-0.3, -0.25) is 4.79 Å². The zero-order chi connectivity index (χ0) is 21.2. The molecule has 31 heavy (non-hydrogen) atoms. The van der Waals surface area contributed by atoms with E-state index < -0.39 is 0 Å². The van der Waals surface area contributed by atoms with Crippen molar-refractivity contribution >= 4 is 39.9 Å². The molecular formula is C24H21ClN4O2. The summed E-state index contributed by atoms with van der Waals surface area (Å²) in [6.07, 6.45) is 0. The Morgan fingerprint density at radius 1 is 1.03 bits per heavy atom. The Bertz CT molecular complexity index is 1240. The lowest BCUT2D eigenvalue weighted by Crippen LogP contribution is -2.33. The van der Waals surface area contributed by atoms with Crippen molar-refractivity contribution in [2.45, 2.75) is 13.1 Å². The number of carbonyl (C=O) groups is 1. The van der Waals surface area contributed by atoms with Crippen LogP contribution >= 0.6 is 11.6 Å². The minimum Gasteiger partial charge on any atom is -0.484 e. The maximum Gasteiger partial charge on any atom is 0.262 e. The predicted molar refractivity (Wildman–Crippen MR) is 123 cm³/mol. The number of hydrogen-bond donors (Lipinski definition) is 1. The summed E-state index contributed by atoms with van der Waals surface area (Å²) < 4.78 is 7.76. The van der Waals surface area contributed by atoms with Crippen molar-refractivity contribution < 1.29 is 9.53 Å². The van der Waals surface area contributed by atoms with E-state index in [2.05, 4.69) is 20.9 Å². The largest absolute Gasteiger partial charge is 0.484 e. The first-order valence-corrected chi connectivity index (χ1v) is 10.5. The van der Waals surface area contributed by atoms with Gasteiger partial charge in [0.05, 0.1) is 28.3 Å². The average Bonchev–Trinajstić information content (AvgIpc) is 3.17. The topological polar surface area (TPSA) is 59.4 Å². The van der Waals surface area contributed by atoms with E-state index in [-0.39, 0.29) is 12.5 Å². The molecule has 0 aliphatic carbocycles. The molecule has 6 nitrogen and oxygen atoms in total. The number of hydrogen-bond acceptors (Lipinski definition) is 4. The summed E-state index contributed by atoms with van der Waals surface area (Å²) in [5.74, 6) is 1.43. The highest BCUT2D eigenvalue weighted by molar-refractivity contribution is 6.34. The molecule has 4 aromatic rings. The lowest BCUT2D eigenvalue weighted by molar-refractivity contribution is -0.118. The molecule has 1 aliphatic rings. The molecule has 2 heterocycles. The van der Waals surface area contributed by atoms with Crippen LogP contribution in [0.3, 0.4) is 0 Å².